The van der Waals surface area contributed by atoms with Crippen LogP contribution in [0.2, 0.25) is 0 Å². The maximum Gasteiger partial charge on any atom is 0.343 e. The number of carboxylic acids is 1. The summed E-state index contributed by atoms with van der Waals surface area (Å²) in [6.45, 7) is 7.81. The van der Waals surface area contributed by atoms with Crippen molar-refractivity contribution in [1.82, 2.24) is 0 Å². The standard InChI is InChI=1S/C36H28O7S2/c1-20-16-26(33-28-13-9-8-12-25(28)18-31-32(33)22(3)23(4)44-31)17-21(2)34(20)43-45(40,41)27-14-15-29(35(37)38)30(19-27)42-36(39)24-10-6-5-7-11-24/h5-19H,1-4H3,(H,37,38). The van der Waals surface area contributed by atoms with Gasteiger partial charge >= 0.3 is 22.1 Å². The molecule has 0 saturated carbocycles. The van der Waals surface area contributed by atoms with Gasteiger partial charge in [0, 0.05) is 21.0 Å². The predicted molar refractivity (Wildman–Crippen MR) is 176 cm³/mol. The van der Waals surface area contributed by atoms with Crippen LogP contribution in [0.25, 0.3) is 32.0 Å². The predicted octanol–water partition coefficient (Wildman–Crippen LogP) is 8.64. The van der Waals surface area contributed by atoms with E-state index in [1.807, 2.05) is 24.3 Å². The van der Waals surface area contributed by atoms with E-state index < -0.39 is 27.8 Å². The summed E-state index contributed by atoms with van der Waals surface area (Å²) in [6.07, 6.45) is 0. The minimum absolute atomic E-state index is 0.165. The zero-order valence-electron chi connectivity index (χ0n) is 24.9. The summed E-state index contributed by atoms with van der Waals surface area (Å²) in [5.41, 5.74) is 4.27. The zero-order chi connectivity index (χ0) is 32.0. The van der Waals surface area contributed by atoms with Crippen LogP contribution in [-0.4, -0.2) is 25.5 Å². The molecule has 0 spiro atoms. The summed E-state index contributed by atoms with van der Waals surface area (Å²) in [4.78, 5) is 25.4. The molecule has 226 valence electrons. The third-order valence-corrected chi connectivity index (χ3v) is 10.2. The Bertz CT molecular complexity index is 2240. The smallest absolute Gasteiger partial charge is 0.343 e. The molecule has 1 aromatic heterocycles. The van der Waals surface area contributed by atoms with E-state index in [0.29, 0.717) is 11.1 Å². The summed E-state index contributed by atoms with van der Waals surface area (Å²) in [5, 5.41) is 13.0. The fraction of sp³-hybridized carbons (Fsp3) is 0.111. The van der Waals surface area contributed by atoms with Crippen molar-refractivity contribution in [2.45, 2.75) is 32.6 Å². The zero-order valence-corrected chi connectivity index (χ0v) is 26.5. The van der Waals surface area contributed by atoms with Gasteiger partial charge in [-0.25, -0.2) is 9.59 Å². The average molecular weight is 637 g/mol. The molecule has 0 radical (unpaired) electrons. The van der Waals surface area contributed by atoms with Crippen molar-refractivity contribution in [3.8, 4) is 22.6 Å². The SMILES string of the molecule is Cc1cc(-c2c3ccccc3cc3sc(C)c(C)c23)cc(C)c1OS(=O)(=O)c1ccc(C(=O)O)c(OC(=O)c2ccccc2)c1. The molecule has 0 atom stereocenters. The van der Waals surface area contributed by atoms with Gasteiger partial charge in [0.15, 0.2) is 0 Å². The number of hydrogen-bond donors (Lipinski definition) is 1. The van der Waals surface area contributed by atoms with E-state index in [0.717, 1.165) is 40.1 Å². The summed E-state index contributed by atoms with van der Waals surface area (Å²) < 4.78 is 39.3. The fourth-order valence-corrected chi connectivity index (χ4v) is 7.72. The summed E-state index contributed by atoms with van der Waals surface area (Å²) in [5.74, 6) is -2.45. The maximum atomic E-state index is 13.5. The van der Waals surface area contributed by atoms with E-state index in [1.165, 1.54) is 32.7 Å². The Morgan fingerprint density at radius 3 is 2.16 bits per heavy atom. The molecular weight excluding hydrogens is 609 g/mol. The Balaban J connectivity index is 1.39. The number of thiophene rings is 1. The summed E-state index contributed by atoms with van der Waals surface area (Å²) in [7, 11) is -4.46. The number of carbonyl (C=O) groups is 2. The van der Waals surface area contributed by atoms with Crippen molar-refractivity contribution < 1.29 is 32.0 Å². The van der Waals surface area contributed by atoms with Gasteiger partial charge in [-0.2, -0.15) is 8.42 Å². The van der Waals surface area contributed by atoms with Gasteiger partial charge < -0.3 is 14.0 Å². The van der Waals surface area contributed by atoms with Gasteiger partial charge in [-0.3, -0.25) is 0 Å². The van der Waals surface area contributed by atoms with Crippen LogP contribution in [0.15, 0.2) is 95.9 Å². The highest BCUT2D eigenvalue weighted by Crippen LogP contribution is 2.44. The molecule has 7 nitrogen and oxygen atoms in total. The molecule has 1 N–H and O–H groups in total. The second-order valence-corrected chi connectivity index (χ2v) is 13.6. The van der Waals surface area contributed by atoms with Crippen LogP contribution < -0.4 is 8.92 Å². The lowest BCUT2D eigenvalue weighted by Gasteiger charge is -2.17. The highest BCUT2D eigenvalue weighted by Gasteiger charge is 2.25. The van der Waals surface area contributed by atoms with Gasteiger partial charge in [0.2, 0.25) is 0 Å². The Labute approximate surface area is 264 Å². The third kappa shape index (κ3) is 5.56. The summed E-state index contributed by atoms with van der Waals surface area (Å²) in [6, 6.07) is 25.4. The Hall–Kier alpha value is -4.99. The van der Waals surface area contributed by atoms with E-state index in [4.69, 9.17) is 8.92 Å². The van der Waals surface area contributed by atoms with Gasteiger partial charge in [-0.15, -0.1) is 11.3 Å². The molecule has 0 aliphatic carbocycles. The third-order valence-electron chi connectivity index (χ3n) is 7.81. The minimum Gasteiger partial charge on any atom is -0.478 e. The minimum atomic E-state index is -4.46. The number of aryl methyl sites for hydroxylation is 4. The number of carbonyl (C=O) groups excluding carboxylic acids is 1. The van der Waals surface area contributed by atoms with Crippen LogP contribution in [-0.2, 0) is 10.1 Å². The molecule has 0 saturated heterocycles. The van der Waals surface area contributed by atoms with Crippen molar-refractivity contribution in [2.24, 2.45) is 0 Å². The molecule has 5 aromatic carbocycles. The van der Waals surface area contributed by atoms with Crippen LogP contribution >= 0.6 is 11.3 Å². The Morgan fingerprint density at radius 2 is 1.47 bits per heavy atom. The molecule has 1 heterocycles. The molecule has 6 rings (SSSR count). The number of rotatable bonds is 7. The highest BCUT2D eigenvalue weighted by molar-refractivity contribution is 7.87. The molecule has 0 unspecified atom stereocenters. The molecule has 45 heavy (non-hydrogen) atoms. The van der Waals surface area contributed by atoms with Crippen LogP contribution in [0, 0.1) is 27.7 Å². The van der Waals surface area contributed by atoms with Gasteiger partial charge in [0.05, 0.1) is 5.56 Å². The van der Waals surface area contributed by atoms with Crippen molar-refractivity contribution in [2.75, 3.05) is 0 Å². The van der Waals surface area contributed by atoms with Crippen molar-refractivity contribution >= 4 is 54.3 Å². The van der Waals surface area contributed by atoms with E-state index in [-0.39, 0.29) is 21.8 Å². The molecule has 0 amide bonds. The molecule has 0 aliphatic rings. The number of esters is 1. The summed E-state index contributed by atoms with van der Waals surface area (Å²) >= 11 is 1.75. The van der Waals surface area contributed by atoms with Crippen LogP contribution in [0.1, 0.15) is 42.3 Å². The first-order valence-electron chi connectivity index (χ1n) is 14.1. The number of carboxylic acid groups (broad SMARTS) is 1. The largest absolute Gasteiger partial charge is 0.478 e. The van der Waals surface area contributed by atoms with Gasteiger partial charge in [-0.1, -0.05) is 42.5 Å². The van der Waals surface area contributed by atoms with Crippen LogP contribution in [0.3, 0.4) is 0 Å². The molecule has 6 aromatic rings. The second kappa shape index (κ2) is 11.5. The number of fused-ring (bicyclic) bond motifs is 2. The number of aromatic carboxylic acids is 1. The molecule has 9 heteroatoms. The first-order valence-corrected chi connectivity index (χ1v) is 16.3. The molecule has 0 bridgehead atoms. The number of benzene rings is 5. The number of ether oxygens (including phenoxy) is 1. The Kier molecular flexibility index (Phi) is 7.68. The van der Waals surface area contributed by atoms with E-state index >= 15 is 0 Å². The van der Waals surface area contributed by atoms with Crippen molar-refractivity contribution in [1.29, 1.82) is 0 Å². The topological polar surface area (TPSA) is 107 Å². The monoisotopic (exact) mass is 636 g/mol. The van der Waals surface area contributed by atoms with Crippen LogP contribution in [0.4, 0.5) is 0 Å². The van der Waals surface area contributed by atoms with E-state index in [2.05, 4.69) is 32.0 Å². The average Bonchev–Trinajstić information content (AvgIpc) is 3.30. The fourth-order valence-electron chi connectivity index (χ4n) is 5.53. The van der Waals surface area contributed by atoms with Gasteiger partial charge in [0.25, 0.3) is 0 Å². The van der Waals surface area contributed by atoms with E-state index in [9.17, 15) is 23.1 Å². The molecular formula is C36H28O7S2. The van der Waals surface area contributed by atoms with E-state index in [1.54, 1.807) is 43.4 Å². The Morgan fingerprint density at radius 1 is 0.800 bits per heavy atom. The quantitative estimate of drug-likeness (QED) is 0.106. The number of hydrogen-bond acceptors (Lipinski definition) is 7. The second-order valence-electron chi connectivity index (χ2n) is 10.8. The lowest BCUT2D eigenvalue weighted by molar-refractivity contribution is 0.0681. The van der Waals surface area contributed by atoms with Gasteiger partial charge in [-0.05, 0) is 109 Å². The van der Waals surface area contributed by atoms with Crippen molar-refractivity contribution in [3.05, 3.63) is 124 Å². The lowest BCUT2D eigenvalue weighted by atomic mass is 9.91. The van der Waals surface area contributed by atoms with Gasteiger partial charge in [0.1, 0.15) is 22.0 Å². The first kappa shape index (κ1) is 30.1. The maximum absolute atomic E-state index is 13.5. The molecule has 0 fully saturated rings. The normalized spacial score (nSPS) is 11.6. The molecule has 0 aliphatic heterocycles. The van der Waals surface area contributed by atoms with Crippen LogP contribution in [0.5, 0.6) is 11.5 Å². The first-order chi connectivity index (χ1) is 21.4. The lowest BCUT2D eigenvalue weighted by Crippen LogP contribution is -2.15. The highest BCUT2D eigenvalue weighted by atomic mass is 32.2. The van der Waals surface area contributed by atoms with Crippen molar-refractivity contribution in [3.63, 3.8) is 0 Å².